The van der Waals surface area contributed by atoms with Crippen molar-refractivity contribution in [3.8, 4) is 0 Å². The van der Waals surface area contributed by atoms with Gasteiger partial charge >= 0.3 is 4.87 Å². The number of rotatable bonds is 4. The topological polar surface area (TPSA) is 51.1 Å². The van der Waals surface area contributed by atoms with Crippen molar-refractivity contribution in [2.45, 2.75) is 20.4 Å². The number of amides is 1. The Morgan fingerprint density at radius 2 is 2.36 bits per heavy atom. The third-order valence-corrected chi connectivity index (χ3v) is 2.36. The van der Waals surface area contributed by atoms with E-state index < -0.39 is 0 Å². The van der Waals surface area contributed by atoms with Crippen LogP contribution in [0.2, 0.25) is 0 Å². The number of hydrogen-bond donors (Lipinski definition) is 1. The van der Waals surface area contributed by atoms with Gasteiger partial charge in [-0.2, -0.15) is 0 Å². The number of nitrogens with zero attached hydrogens (tertiary/aromatic N) is 1. The Hall–Kier alpha value is -1.10. The predicted molar refractivity (Wildman–Crippen MR) is 56.4 cm³/mol. The summed E-state index contributed by atoms with van der Waals surface area (Å²) in [5.41, 5.74) is 0. The molecule has 5 heteroatoms. The first kappa shape index (κ1) is 11.0. The highest BCUT2D eigenvalue weighted by molar-refractivity contribution is 7.07. The Kier molecular flexibility index (Phi) is 3.88. The lowest BCUT2D eigenvalue weighted by molar-refractivity contribution is -0.121. The van der Waals surface area contributed by atoms with Crippen molar-refractivity contribution < 1.29 is 4.79 Å². The normalized spacial score (nSPS) is 10.5. The first-order valence-corrected chi connectivity index (χ1v) is 5.38. The molecule has 1 aromatic rings. The maximum atomic E-state index is 11.3. The third-order valence-electron chi connectivity index (χ3n) is 1.67. The van der Waals surface area contributed by atoms with Crippen LogP contribution in [0.3, 0.4) is 0 Å². The molecule has 0 saturated heterocycles. The summed E-state index contributed by atoms with van der Waals surface area (Å²) < 4.78 is 1.40. The minimum atomic E-state index is -0.112. The number of nitrogens with one attached hydrogen (secondary N) is 1. The maximum absolute atomic E-state index is 11.3. The van der Waals surface area contributed by atoms with Crippen molar-refractivity contribution in [1.29, 1.82) is 0 Å². The molecule has 78 valence electrons. The van der Waals surface area contributed by atoms with E-state index in [9.17, 15) is 9.59 Å². The van der Waals surface area contributed by atoms with Gasteiger partial charge in [0, 0.05) is 18.1 Å². The maximum Gasteiger partial charge on any atom is 0.307 e. The summed E-state index contributed by atoms with van der Waals surface area (Å²) in [6, 6.07) is 0. The summed E-state index contributed by atoms with van der Waals surface area (Å²) >= 11 is 1.10. The molecular weight excluding hydrogens is 200 g/mol. The number of thiazole rings is 1. The van der Waals surface area contributed by atoms with Crippen LogP contribution in [0.4, 0.5) is 0 Å². The van der Waals surface area contributed by atoms with Gasteiger partial charge in [0.2, 0.25) is 5.91 Å². The molecule has 0 unspecified atom stereocenters. The summed E-state index contributed by atoms with van der Waals surface area (Å²) in [5.74, 6) is 0.317. The first-order valence-electron chi connectivity index (χ1n) is 4.50. The number of hydrogen-bond acceptors (Lipinski definition) is 3. The van der Waals surface area contributed by atoms with E-state index in [1.807, 2.05) is 13.8 Å². The zero-order valence-corrected chi connectivity index (χ0v) is 9.13. The Morgan fingerprint density at radius 3 is 2.86 bits per heavy atom. The lowest BCUT2D eigenvalue weighted by Crippen LogP contribution is -2.32. The van der Waals surface area contributed by atoms with Crippen molar-refractivity contribution in [1.82, 2.24) is 9.88 Å². The highest BCUT2D eigenvalue weighted by Crippen LogP contribution is 1.90. The van der Waals surface area contributed by atoms with Crippen molar-refractivity contribution in [2.75, 3.05) is 6.54 Å². The Bertz CT molecular complexity index is 354. The first-order chi connectivity index (χ1) is 6.59. The zero-order valence-electron chi connectivity index (χ0n) is 8.32. The van der Waals surface area contributed by atoms with E-state index in [1.54, 1.807) is 11.6 Å². The van der Waals surface area contributed by atoms with Crippen LogP contribution in [0.25, 0.3) is 0 Å². The van der Waals surface area contributed by atoms with E-state index in [1.165, 1.54) is 4.57 Å². The lowest BCUT2D eigenvalue weighted by Gasteiger charge is -2.07. The summed E-state index contributed by atoms with van der Waals surface area (Å²) in [4.78, 5) is 22.3. The van der Waals surface area contributed by atoms with Gasteiger partial charge < -0.3 is 5.32 Å². The molecule has 1 amide bonds. The van der Waals surface area contributed by atoms with E-state index >= 15 is 0 Å². The van der Waals surface area contributed by atoms with Gasteiger partial charge in [-0.15, -0.1) is 0 Å². The average Bonchev–Trinajstić information content (AvgIpc) is 2.49. The van der Waals surface area contributed by atoms with Crippen molar-refractivity contribution in [3.05, 3.63) is 21.2 Å². The molecule has 1 heterocycles. The standard InChI is InChI=1S/C9H14N2O2S/c1-7(2)5-10-8(12)6-11-3-4-14-9(11)13/h3-4,7H,5-6H2,1-2H3,(H,10,12). The monoisotopic (exact) mass is 214 g/mol. The second-order valence-electron chi connectivity index (χ2n) is 3.49. The molecule has 0 saturated carbocycles. The third kappa shape index (κ3) is 3.33. The average molecular weight is 214 g/mol. The van der Waals surface area contributed by atoms with Gasteiger partial charge in [0.1, 0.15) is 6.54 Å². The van der Waals surface area contributed by atoms with E-state index in [4.69, 9.17) is 0 Å². The molecule has 0 bridgehead atoms. The molecule has 0 aromatic carbocycles. The molecule has 1 aromatic heterocycles. The van der Waals surface area contributed by atoms with Crippen LogP contribution in [0.1, 0.15) is 13.8 Å². The van der Waals surface area contributed by atoms with E-state index in [0.29, 0.717) is 12.5 Å². The van der Waals surface area contributed by atoms with Crippen LogP contribution < -0.4 is 10.2 Å². The largest absolute Gasteiger partial charge is 0.354 e. The summed E-state index contributed by atoms with van der Waals surface area (Å²) in [5, 5.41) is 4.43. The summed E-state index contributed by atoms with van der Waals surface area (Å²) in [7, 11) is 0. The molecule has 0 spiro atoms. The number of carbonyl (C=O) groups is 1. The van der Waals surface area contributed by atoms with Gasteiger partial charge in [-0.1, -0.05) is 25.2 Å². The van der Waals surface area contributed by atoms with Crippen LogP contribution in [0.15, 0.2) is 16.4 Å². The fourth-order valence-corrected chi connectivity index (χ4v) is 1.52. The van der Waals surface area contributed by atoms with E-state index in [-0.39, 0.29) is 17.3 Å². The Balaban J connectivity index is 2.42. The molecule has 0 aliphatic rings. The van der Waals surface area contributed by atoms with Gasteiger partial charge in [-0.3, -0.25) is 14.2 Å². The van der Waals surface area contributed by atoms with Gasteiger partial charge in [-0.05, 0) is 5.92 Å². The van der Waals surface area contributed by atoms with Crippen LogP contribution in [-0.4, -0.2) is 17.0 Å². The Labute approximate surface area is 86.6 Å². The van der Waals surface area contributed by atoms with Crippen molar-refractivity contribution in [3.63, 3.8) is 0 Å². The smallest absolute Gasteiger partial charge is 0.307 e. The van der Waals surface area contributed by atoms with Gasteiger partial charge in [0.15, 0.2) is 0 Å². The minimum absolute atomic E-state index is 0.0929. The summed E-state index contributed by atoms with van der Waals surface area (Å²) in [6.45, 7) is 4.82. The number of aromatic nitrogens is 1. The zero-order chi connectivity index (χ0) is 10.6. The predicted octanol–water partition coefficient (Wildman–Crippen LogP) is 0.682. The summed E-state index contributed by atoms with van der Waals surface area (Å²) in [6.07, 6.45) is 1.63. The molecule has 0 aliphatic heterocycles. The highest BCUT2D eigenvalue weighted by Gasteiger charge is 2.04. The molecule has 4 nitrogen and oxygen atoms in total. The second-order valence-corrected chi connectivity index (χ2v) is 4.35. The molecule has 1 rings (SSSR count). The minimum Gasteiger partial charge on any atom is -0.354 e. The fourth-order valence-electron chi connectivity index (χ4n) is 0.936. The van der Waals surface area contributed by atoms with Crippen molar-refractivity contribution in [2.24, 2.45) is 5.92 Å². The van der Waals surface area contributed by atoms with Crippen molar-refractivity contribution >= 4 is 17.2 Å². The van der Waals surface area contributed by atoms with Crippen LogP contribution in [0, 0.1) is 5.92 Å². The van der Waals surface area contributed by atoms with Crippen LogP contribution >= 0.6 is 11.3 Å². The lowest BCUT2D eigenvalue weighted by atomic mass is 10.2. The molecule has 0 fully saturated rings. The second kappa shape index (κ2) is 4.95. The molecule has 0 aliphatic carbocycles. The molecular formula is C9H14N2O2S. The molecule has 0 radical (unpaired) electrons. The van der Waals surface area contributed by atoms with Gasteiger partial charge in [-0.25, -0.2) is 0 Å². The SMILES string of the molecule is CC(C)CNC(=O)Cn1ccsc1=O. The van der Waals surface area contributed by atoms with Gasteiger partial charge in [0.25, 0.3) is 0 Å². The van der Waals surface area contributed by atoms with E-state index in [0.717, 1.165) is 11.3 Å². The quantitative estimate of drug-likeness (QED) is 0.801. The molecule has 1 N–H and O–H groups in total. The van der Waals surface area contributed by atoms with Gasteiger partial charge in [0.05, 0.1) is 0 Å². The van der Waals surface area contributed by atoms with Crippen LogP contribution in [0.5, 0.6) is 0 Å². The Morgan fingerprint density at radius 1 is 1.64 bits per heavy atom. The highest BCUT2D eigenvalue weighted by atomic mass is 32.1. The fraction of sp³-hybridized carbons (Fsp3) is 0.556. The van der Waals surface area contributed by atoms with Crippen LogP contribution in [-0.2, 0) is 11.3 Å². The molecule has 14 heavy (non-hydrogen) atoms. The molecule has 0 atom stereocenters. The van der Waals surface area contributed by atoms with E-state index in [2.05, 4.69) is 5.32 Å². The number of carbonyl (C=O) groups excluding carboxylic acids is 1.